The van der Waals surface area contributed by atoms with Gasteiger partial charge in [-0.15, -0.1) is 5.10 Å². The van der Waals surface area contributed by atoms with Crippen molar-refractivity contribution in [3.63, 3.8) is 0 Å². The van der Waals surface area contributed by atoms with Gasteiger partial charge in [-0.1, -0.05) is 0 Å². The van der Waals surface area contributed by atoms with Crippen molar-refractivity contribution in [2.24, 2.45) is 0 Å². The van der Waals surface area contributed by atoms with Gasteiger partial charge in [0.1, 0.15) is 0 Å². The highest BCUT2D eigenvalue weighted by Crippen LogP contribution is 2.13. The lowest BCUT2D eigenvalue weighted by Gasteiger charge is -2.26. The van der Waals surface area contributed by atoms with Crippen molar-refractivity contribution in [2.75, 3.05) is 44.7 Å². The third kappa shape index (κ3) is 4.40. The van der Waals surface area contributed by atoms with Crippen LogP contribution < -0.4 is 4.90 Å². The fourth-order valence-corrected chi connectivity index (χ4v) is 2.45. The summed E-state index contributed by atoms with van der Waals surface area (Å²) in [7, 11) is 1.99. The number of rotatable bonds is 4. The molecule has 1 amide bonds. The van der Waals surface area contributed by atoms with E-state index in [-0.39, 0.29) is 5.91 Å². The normalized spacial score (nSPS) is 16.3. The summed E-state index contributed by atoms with van der Waals surface area (Å²) in [6.07, 6.45) is 0.965. The third-order valence-corrected chi connectivity index (χ3v) is 4.22. The van der Waals surface area contributed by atoms with E-state index in [1.54, 1.807) is 0 Å². The largest absolute Gasteiger partial charge is 0.353 e. The second-order valence-corrected chi connectivity index (χ2v) is 6.26. The average molecular weight is 305 g/mol. The van der Waals surface area contributed by atoms with E-state index in [1.807, 2.05) is 31.0 Å². The third-order valence-electron chi connectivity index (χ3n) is 4.22. The van der Waals surface area contributed by atoms with Crippen LogP contribution in [-0.2, 0) is 4.79 Å². The number of hydrogen-bond acceptors (Lipinski definition) is 5. The lowest BCUT2D eigenvalue weighted by molar-refractivity contribution is -0.132. The number of carbonyl (C=O) groups is 1. The Morgan fingerprint density at radius 1 is 1.23 bits per heavy atom. The first-order valence-electron chi connectivity index (χ1n) is 8.00. The molecule has 0 aliphatic carbocycles. The Morgan fingerprint density at radius 3 is 2.64 bits per heavy atom. The van der Waals surface area contributed by atoms with Crippen LogP contribution in [0.5, 0.6) is 0 Å². The monoisotopic (exact) mass is 305 g/mol. The molecule has 0 bridgehead atoms. The van der Waals surface area contributed by atoms with Crippen LogP contribution in [0.15, 0.2) is 12.1 Å². The van der Waals surface area contributed by atoms with Gasteiger partial charge in [0, 0.05) is 32.2 Å². The zero-order valence-electron chi connectivity index (χ0n) is 14.1. The summed E-state index contributed by atoms with van der Waals surface area (Å²) in [5.41, 5.74) is 0.923. The van der Waals surface area contributed by atoms with Crippen LogP contribution in [0.2, 0.25) is 0 Å². The van der Waals surface area contributed by atoms with Crippen molar-refractivity contribution in [1.82, 2.24) is 20.0 Å². The number of amides is 1. The highest BCUT2D eigenvalue weighted by atomic mass is 16.2. The van der Waals surface area contributed by atoms with Crippen molar-refractivity contribution < 1.29 is 4.79 Å². The SMILES string of the molecule is Cc1ccc(N2CCCN(C(=O)CN(C)C(C)C)CC2)nn1. The van der Waals surface area contributed by atoms with Crippen molar-refractivity contribution in [1.29, 1.82) is 0 Å². The summed E-state index contributed by atoms with van der Waals surface area (Å²) in [5, 5.41) is 8.37. The van der Waals surface area contributed by atoms with Gasteiger partial charge in [-0.25, -0.2) is 0 Å². The molecule has 1 aromatic rings. The lowest BCUT2D eigenvalue weighted by Crippen LogP contribution is -2.42. The van der Waals surface area contributed by atoms with Crippen molar-refractivity contribution in [2.45, 2.75) is 33.2 Å². The number of hydrogen-bond donors (Lipinski definition) is 0. The molecule has 1 fully saturated rings. The summed E-state index contributed by atoms with van der Waals surface area (Å²) >= 11 is 0. The van der Waals surface area contributed by atoms with Gasteiger partial charge in [0.2, 0.25) is 5.91 Å². The van der Waals surface area contributed by atoms with E-state index in [0.29, 0.717) is 12.6 Å². The topological polar surface area (TPSA) is 52.6 Å². The van der Waals surface area contributed by atoms with Crippen LogP contribution in [0.3, 0.4) is 0 Å². The van der Waals surface area contributed by atoms with Crippen LogP contribution in [-0.4, -0.2) is 71.7 Å². The number of nitrogens with zero attached hydrogens (tertiary/aromatic N) is 5. The number of aromatic nitrogens is 2. The summed E-state index contributed by atoms with van der Waals surface area (Å²) in [6.45, 7) is 9.94. The van der Waals surface area contributed by atoms with Gasteiger partial charge in [0.25, 0.3) is 0 Å². The minimum Gasteiger partial charge on any atom is -0.353 e. The summed E-state index contributed by atoms with van der Waals surface area (Å²) in [4.78, 5) is 18.7. The van der Waals surface area contributed by atoms with Crippen molar-refractivity contribution in [3.8, 4) is 0 Å². The van der Waals surface area contributed by atoms with Crippen LogP contribution in [0, 0.1) is 6.92 Å². The fraction of sp³-hybridized carbons (Fsp3) is 0.688. The Bertz CT molecular complexity index is 488. The second-order valence-electron chi connectivity index (χ2n) is 6.26. The quantitative estimate of drug-likeness (QED) is 0.835. The molecule has 0 spiro atoms. The van der Waals surface area contributed by atoms with Crippen LogP contribution in [0.4, 0.5) is 5.82 Å². The van der Waals surface area contributed by atoms with Gasteiger partial charge < -0.3 is 9.80 Å². The van der Waals surface area contributed by atoms with E-state index in [9.17, 15) is 4.79 Å². The molecule has 0 unspecified atom stereocenters. The summed E-state index contributed by atoms with van der Waals surface area (Å²) in [6, 6.07) is 4.37. The predicted octanol–water partition coefficient (Wildman–Crippen LogP) is 1.16. The molecule has 1 aliphatic heterocycles. The minimum absolute atomic E-state index is 0.216. The van der Waals surface area contributed by atoms with E-state index in [4.69, 9.17) is 0 Å². The molecule has 0 atom stereocenters. The number of anilines is 1. The van der Waals surface area contributed by atoms with Crippen LogP contribution >= 0.6 is 0 Å². The van der Waals surface area contributed by atoms with Crippen LogP contribution in [0.25, 0.3) is 0 Å². The maximum absolute atomic E-state index is 12.4. The molecule has 0 N–H and O–H groups in total. The van der Waals surface area contributed by atoms with E-state index in [2.05, 4.69) is 33.8 Å². The molecule has 22 heavy (non-hydrogen) atoms. The molecule has 122 valence electrons. The Labute approximate surface area is 133 Å². The molecule has 6 nitrogen and oxygen atoms in total. The first-order valence-corrected chi connectivity index (χ1v) is 8.00. The molecule has 0 aromatic carbocycles. The summed E-state index contributed by atoms with van der Waals surface area (Å²) in [5.74, 6) is 1.12. The highest BCUT2D eigenvalue weighted by molar-refractivity contribution is 5.78. The average Bonchev–Trinajstić information content (AvgIpc) is 2.74. The Hall–Kier alpha value is -1.69. The van der Waals surface area contributed by atoms with Crippen molar-refractivity contribution >= 4 is 11.7 Å². The Morgan fingerprint density at radius 2 is 2.00 bits per heavy atom. The van der Waals surface area contributed by atoms with Gasteiger partial charge in [-0.05, 0) is 46.4 Å². The Balaban J connectivity index is 1.92. The molecule has 0 saturated carbocycles. The fourth-order valence-electron chi connectivity index (χ4n) is 2.45. The second kappa shape index (κ2) is 7.54. The maximum Gasteiger partial charge on any atom is 0.236 e. The minimum atomic E-state index is 0.216. The standard InChI is InChI=1S/C16H27N5O/c1-13(2)19(4)12-16(22)21-9-5-8-20(10-11-21)15-7-6-14(3)17-18-15/h6-7,13H,5,8-12H2,1-4H3. The predicted molar refractivity (Wildman–Crippen MR) is 87.9 cm³/mol. The molecular weight excluding hydrogens is 278 g/mol. The highest BCUT2D eigenvalue weighted by Gasteiger charge is 2.21. The first kappa shape index (κ1) is 16.7. The maximum atomic E-state index is 12.4. The van der Waals surface area contributed by atoms with E-state index in [1.165, 1.54) is 0 Å². The number of aryl methyl sites for hydroxylation is 1. The zero-order chi connectivity index (χ0) is 16.1. The van der Waals surface area contributed by atoms with Gasteiger partial charge in [0.05, 0.1) is 12.2 Å². The van der Waals surface area contributed by atoms with Crippen LogP contribution in [0.1, 0.15) is 26.0 Å². The molecule has 0 radical (unpaired) electrons. The van der Waals surface area contributed by atoms with Crippen molar-refractivity contribution in [3.05, 3.63) is 17.8 Å². The Kier molecular flexibility index (Phi) is 5.71. The van der Waals surface area contributed by atoms with Gasteiger partial charge in [-0.2, -0.15) is 5.10 Å². The molecular formula is C16H27N5O. The van der Waals surface area contributed by atoms with E-state index in [0.717, 1.165) is 44.1 Å². The molecule has 2 heterocycles. The molecule has 2 rings (SSSR count). The summed E-state index contributed by atoms with van der Waals surface area (Å²) < 4.78 is 0. The van der Waals surface area contributed by atoms with E-state index >= 15 is 0 Å². The first-order chi connectivity index (χ1) is 10.5. The number of likely N-dealkylation sites (N-methyl/N-ethyl adjacent to an activating group) is 1. The van der Waals surface area contributed by atoms with E-state index < -0.39 is 0 Å². The number of carbonyl (C=O) groups excluding carboxylic acids is 1. The molecule has 1 aromatic heterocycles. The zero-order valence-corrected chi connectivity index (χ0v) is 14.1. The smallest absolute Gasteiger partial charge is 0.236 e. The molecule has 1 saturated heterocycles. The van der Waals surface area contributed by atoms with Gasteiger partial charge >= 0.3 is 0 Å². The molecule has 6 heteroatoms. The lowest BCUT2D eigenvalue weighted by atomic mass is 10.3. The molecule has 1 aliphatic rings. The van der Waals surface area contributed by atoms with Gasteiger partial charge in [0.15, 0.2) is 5.82 Å². The van der Waals surface area contributed by atoms with Gasteiger partial charge in [-0.3, -0.25) is 9.69 Å².